The average molecular weight is 347 g/mol. The van der Waals surface area contributed by atoms with E-state index >= 15 is 0 Å². The molecule has 0 radical (unpaired) electrons. The number of carbonyl (C=O) groups is 1. The molecule has 1 N–H and O–H groups in total. The molecule has 1 heterocycles. The molecule has 2 aliphatic carbocycles. The van der Waals surface area contributed by atoms with E-state index in [9.17, 15) is 4.79 Å². The van der Waals surface area contributed by atoms with E-state index < -0.39 is 0 Å². The fourth-order valence-electron chi connectivity index (χ4n) is 5.71. The van der Waals surface area contributed by atoms with E-state index in [1.165, 1.54) is 43.2 Å². The standard InChI is InChI=1S/C23H25NO2/c25-22(16-6-2-1-3-7-16)26-18-10-9-17-14-21-19-8-4-5-11-23(19,12-13-24-21)20(17)15-18/h1-3,6-7,9-10,15,19,21,24H,4-5,8,11-14H2/t19-,21?,23+/m0/s1. The van der Waals surface area contributed by atoms with Crippen LogP contribution in [0.5, 0.6) is 5.75 Å². The summed E-state index contributed by atoms with van der Waals surface area (Å²) in [5.74, 6) is 1.15. The van der Waals surface area contributed by atoms with Crippen molar-refractivity contribution in [1.82, 2.24) is 5.32 Å². The van der Waals surface area contributed by atoms with Gasteiger partial charge in [-0.3, -0.25) is 0 Å². The molecule has 0 aromatic heterocycles. The summed E-state index contributed by atoms with van der Waals surface area (Å²) in [6, 6.07) is 16.2. The van der Waals surface area contributed by atoms with Crippen molar-refractivity contribution in [3.8, 4) is 5.75 Å². The Bertz CT molecular complexity index is 827. The highest BCUT2D eigenvalue weighted by Crippen LogP contribution is 2.54. The number of hydrogen-bond donors (Lipinski definition) is 1. The van der Waals surface area contributed by atoms with Crippen molar-refractivity contribution in [2.24, 2.45) is 5.92 Å². The molecule has 134 valence electrons. The number of carbonyl (C=O) groups excluding carboxylic acids is 1. The first-order chi connectivity index (χ1) is 12.8. The van der Waals surface area contributed by atoms with Gasteiger partial charge in [0, 0.05) is 11.5 Å². The van der Waals surface area contributed by atoms with Crippen molar-refractivity contribution in [2.45, 2.75) is 50.0 Å². The lowest BCUT2D eigenvalue weighted by atomic mass is 9.53. The van der Waals surface area contributed by atoms with Crippen LogP contribution < -0.4 is 10.1 Å². The van der Waals surface area contributed by atoms with Crippen molar-refractivity contribution in [3.63, 3.8) is 0 Å². The lowest BCUT2D eigenvalue weighted by Crippen LogP contribution is -2.59. The second kappa shape index (κ2) is 6.24. The zero-order chi connectivity index (χ0) is 17.6. The maximum Gasteiger partial charge on any atom is 0.343 e. The van der Waals surface area contributed by atoms with Gasteiger partial charge in [-0.05, 0) is 73.5 Å². The molecule has 1 saturated carbocycles. The molecular weight excluding hydrogens is 322 g/mol. The summed E-state index contributed by atoms with van der Waals surface area (Å²) in [6.45, 7) is 1.11. The molecule has 2 fully saturated rings. The van der Waals surface area contributed by atoms with Gasteiger partial charge in [0.2, 0.25) is 0 Å². The predicted octanol–water partition coefficient (Wildman–Crippen LogP) is 4.25. The van der Waals surface area contributed by atoms with Crippen LogP contribution in [0.2, 0.25) is 0 Å². The Balaban J connectivity index is 1.50. The van der Waals surface area contributed by atoms with E-state index in [1.54, 1.807) is 12.1 Å². The molecule has 1 saturated heterocycles. The first kappa shape index (κ1) is 16.1. The molecule has 1 unspecified atom stereocenters. The van der Waals surface area contributed by atoms with Crippen LogP contribution in [-0.2, 0) is 11.8 Å². The van der Waals surface area contributed by atoms with Crippen molar-refractivity contribution in [2.75, 3.05) is 6.54 Å². The Morgan fingerprint density at radius 1 is 1.08 bits per heavy atom. The van der Waals surface area contributed by atoms with Gasteiger partial charge < -0.3 is 10.1 Å². The second-order valence-electron chi connectivity index (χ2n) is 8.10. The zero-order valence-electron chi connectivity index (χ0n) is 15.0. The highest BCUT2D eigenvalue weighted by Gasteiger charge is 2.51. The van der Waals surface area contributed by atoms with Crippen LogP contribution in [0.15, 0.2) is 48.5 Å². The number of nitrogens with one attached hydrogen (secondary N) is 1. The Morgan fingerprint density at radius 3 is 2.85 bits per heavy atom. The predicted molar refractivity (Wildman–Crippen MR) is 102 cm³/mol. The molecule has 26 heavy (non-hydrogen) atoms. The Labute approximate surface area is 154 Å². The summed E-state index contributed by atoms with van der Waals surface area (Å²) in [6.07, 6.45) is 7.58. The summed E-state index contributed by atoms with van der Waals surface area (Å²) >= 11 is 0. The molecule has 3 heteroatoms. The van der Waals surface area contributed by atoms with E-state index in [0.717, 1.165) is 18.9 Å². The highest BCUT2D eigenvalue weighted by atomic mass is 16.5. The normalized spacial score (nSPS) is 29.4. The maximum atomic E-state index is 12.4. The van der Waals surface area contributed by atoms with Gasteiger partial charge in [-0.2, -0.15) is 0 Å². The third-order valence-corrected chi connectivity index (χ3v) is 6.84. The third kappa shape index (κ3) is 2.49. The summed E-state index contributed by atoms with van der Waals surface area (Å²) in [7, 11) is 0. The number of piperidine rings is 1. The molecule has 3 nitrogen and oxygen atoms in total. The monoisotopic (exact) mass is 347 g/mol. The van der Waals surface area contributed by atoms with E-state index in [2.05, 4.69) is 17.4 Å². The average Bonchev–Trinajstić information content (AvgIpc) is 2.69. The minimum Gasteiger partial charge on any atom is -0.423 e. The van der Waals surface area contributed by atoms with Crippen LogP contribution >= 0.6 is 0 Å². The van der Waals surface area contributed by atoms with Gasteiger partial charge in [0.25, 0.3) is 0 Å². The number of ether oxygens (including phenoxy) is 1. The largest absolute Gasteiger partial charge is 0.423 e. The van der Waals surface area contributed by atoms with Crippen LogP contribution in [-0.4, -0.2) is 18.6 Å². The Morgan fingerprint density at radius 2 is 1.96 bits per heavy atom. The fraction of sp³-hybridized carbons (Fsp3) is 0.435. The molecule has 0 amide bonds. The lowest BCUT2D eigenvalue weighted by Gasteiger charge is -2.56. The molecule has 2 bridgehead atoms. The molecule has 2 aromatic carbocycles. The number of esters is 1. The molecule has 2 aromatic rings. The fourth-order valence-corrected chi connectivity index (χ4v) is 5.71. The molecular formula is C23H25NO2. The van der Waals surface area contributed by atoms with E-state index in [4.69, 9.17) is 4.74 Å². The van der Waals surface area contributed by atoms with Crippen molar-refractivity contribution in [1.29, 1.82) is 0 Å². The quantitative estimate of drug-likeness (QED) is 0.652. The highest BCUT2D eigenvalue weighted by molar-refractivity contribution is 5.91. The molecule has 3 atom stereocenters. The maximum absolute atomic E-state index is 12.4. The van der Waals surface area contributed by atoms with Crippen LogP contribution in [0.4, 0.5) is 0 Å². The summed E-state index contributed by atoms with van der Waals surface area (Å²) in [5, 5.41) is 3.77. The van der Waals surface area contributed by atoms with Crippen LogP contribution in [0.3, 0.4) is 0 Å². The van der Waals surface area contributed by atoms with E-state index in [0.29, 0.717) is 17.4 Å². The Hall–Kier alpha value is -2.13. The first-order valence-electron chi connectivity index (χ1n) is 9.90. The number of benzene rings is 2. The SMILES string of the molecule is O=C(Oc1ccc2c(c1)[C@@]13CCCC[C@H]1C(C2)NCC3)c1ccccc1. The van der Waals surface area contributed by atoms with Gasteiger partial charge in [0.15, 0.2) is 0 Å². The van der Waals surface area contributed by atoms with E-state index in [1.807, 2.05) is 24.3 Å². The van der Waals surface area contributed by atoms with Gasteiger partial charge in [0.1, 0.15) is 5.75 Å². The lowest BCUT2D eigenvalue weighted by molar-refractivity contribution is 0.0722. The first-order valence-corrected chi connectivity index (χ1v) is 9.90. The van der Waals surface area contributed by atoms with Gasteiger partial charge in [-0.25, -0.2) is 4.79 Å². The minimum atomic E-state index is -0.276. The van der Waals surface area contributed by atoms with Gasteiger partial charge in [0.05, 0.1) is 5.56 Å². The van der Waals surface area contributed by atoms with Crippen molar-refractivity contribution in [3.05, 3.63) is 65.2 Å². The number of rotatable bonds is 2. The minimum absolute atomic E-state index is 0.276. The van der Waals surface area contributed by atoms with Gasteiger partial charge in [-0.1, -0.05) is 37.1 Å². The van der Waals surface area contributed by atoms with Crippen LogP contribution in [0.1, 0.15) is 53.6 Å². The molecule has 0 spiro atoms. The van der Waals surface area contributed by atoms with Crippen molar-refractivity contribution >= 4 is 5.97 Å². The third-order valence-electron chi connectivity index (χ3n) is 6.84. The van der Waals surface area contributed by atoms with Gasteiger partial charge >= 0.3 is 5.97 Å². The van der Waals surface area contributed by atoms with Crippen LogP contribution in [0, 0.1) is 5.92 Å². The smallest absolute Gasteiger partial charge is 0.343 e. The molecule has 3 aliphatic rings. The van der Waals surface area contributed by atoms with E-state index in [-0.39, 0.29) is 11.4 Å². The number of fused-ring (bicyclic) bond motifs is 1. The summed E-state index contributed by atoms with van der Waals surface area (Å²) in [4.78, 5) is 12.4. The van der Waals surface area contributed by atoms with Crippen molar-refractivity contribution < 1.29 is 9.53 Å². The summed E-state index contributed by atoms with van der Waals surface area (Å²) < 4.78 is 5.73. The zero-order valence-corrected chi connectivity index (χ0v) is 15.0. The van der Waals surface area contributed by atoms with Gasteiger partial charge in [-0.15, -0.1) is 0 Å². The number of hydrogen-bond acceptors (Lipinski definition) is 3. The second-order valence-corrected chi connectivity index (χ2v) is 8.10. The summed E-state index contributed by atoms with van der Waals surface area (Å²) in [5.41, 5.74) is 3.79. The topological polar surface area (TPSA) is 38.3 Å². The van der Waals surface area contributed by atoms with Crippen LogP contribution in [0.25, 0.3) is 0 Å². The molecule has 1 aliphatic heterocycles. The molecule has 5 rings (SSSR count). The Kier molecular flexibility index (Phi) is 3.86.